The highest BCUT2D eigenvalue weighted by Gasteiger charge is 2.10. The highest BCUT2D eigenvalue weighted by Crippen LogP contribution is 2.28. The van der Waals surface area contributed by atoms with Crippen molar-refractivity contribution >= 4 is 16.5 Å². The average Bonchev–Trinajstić information content (AvgIpc) is 3.05. The van der Waals surface area contributed by atoms with Crippen LogP contribution in [0.2, 0.25) is 0 Å². The minimum absolute atomic E-state index is 0.289. The molecule has 4 heteroatoms. The summed E-state index contributed by atoms with van der Waals surface area (Å²) >= 11 is 0. The molecule has 0 radical (unpaired) electrons. The Balaban J connectivity index is 1.80. The Bertz CT molecular complexity index is 835. The summed E-state index contributed by atoms with van der Waals surface area (Å²) in [7, 11) is 0. The van der Waals surface area contributed by atoms with Crippen LogP contribution in [0.15, 0.2) is 54.0 Å². The van der Waals surface area contributed by atoms with E-state index in [1.54, 1.807) is 12.3 Å². The molecule has 3 rings (SSSR count). The Kier molecular flexibility index (Phi) is 4.42. The van der Waals surface area contributed by atoms with E-state index in [4.69, 9.17) is 0 Å². The molecule has 0 saturated carbocycles. The molecule has 0 saturated heterocycles. The number of aliphatic imine (C=N–C) groups is 1. The van der Waals surface area contributed by atoms with Crippen molar-refractivity contribution in [2.45, 2.75) is 26.8 Å². The van der Waals surface area contributed by atoms with E-state index < -0.39 is 0 Å². The van der Waals surface area contributed by atoms with Crippen molar-refractivity contribution in [3.05, 3.63) is 60.2 Å². The first-order valence-corrected chi connectivity index (χ1v) is 7.84. The average molecular weight is 307 g/mol. The lowest BCUT2D eigenvalue weighted by Gasteiger charge is -2.10. The third-order valence-corrected chi connectivity index (χ3v) is 4.00. The SMILES string of the molecule is CC(=NCCCn1ccnc1)c1c(O)ccc2cc(C)ccc12. The second kappa shape index (κ2) is 6.65. The molecule has 23 heavy (non-hydrogen) atoms. The number of nitrogens with zero attached hydrogens (tertiary/aromatic N) is 3. The summed E-state index contributed by atoms with van der Waals surface area (Å²) in [6.45, 7) is 5.66. The number of fused-ring (bicyclic) bond motifs is 1. The van der Waals surface area contributed by atoms with Crippen molar-refractivity contribution in [2.24, 2.45) is 4.99 Å². The highest BCUT2D eigenvalue weighted by atomic mass is 16.3. The van der Waals surface area contributed by atoms with Gasteiger partial charge in [-0.15, -0.1) is 0 Å². The molecule has 0 fully saturated rings. The van der Waals surface area contributed by atoms with Crippen LogP contribution in [0, 0.1) is 6.92 Å². The number of aryl methyl sites for hydroxylation is 2. The van der Waals surface area contributed by atoms with Crippen LogP contribution in [0.5, 0.6) is 5.75 Å². The summed E-state index contributed by atoms with van der Waals surface area (Å²) in [5.74, 6) is 0.289. The lowest BCUT2D eigenvalue weighted by atomic mass is 9.99. The van der Waals surface area contributed by atoms with Gasteiger partial charge in [-0.05, 0) is 37.1 Å². The second-order valence-corrected chi connectivity index (χ2v) is 5.81. The Labute approximate surface area is 136 Å². The van der Waals surface area contributed by atoms with Crippen molar-refractivity contribution in [3.63, 3.8) is 0 Å². The maximum Gasteiger partial charge on any atom is 0.125 e. The van der Waals surface area contributed by atoms with Crippen LogP contribution in [0.25, 0.3) is 10.8 Å². The third-order valence-electron chi connectivity index (χ3n) is 4.00. The molecular formula is C19H21N3O. The largest absolute Gasteiger partial charge is 0.507 e. The first kappa shape index (κ1) is 15.3. The number of rotatable bonds is 5. The van der Waals surface area contributed by atoms with E-state index in [9.17, 15) is 5.11 Å². The van der Waals surface area contributed by atoms with Gasteiger partial charge >= 0.3 is 0 Å². The Morgan fingerprint density at radius 1 is 1.26 bits per heavy atom. The van der Waals surface area contributed by atoms with Gasteiger partial charge in [-0.3, -0.25) is 4.99 Å². The fourth-order valence-electron chi connectivity index (χ4n) is 2.82. The van der Waals surface area contributed by atoms with Gasteiger partial charge in [0.05, 0.1) is 6.33 Å². The summed E-state index contributed by atoms with van der Waals surface area (Å²) < 4.78 is 2.04. The lowest BCUT2D eigenvalue weighted by Crippen LogP contribution is -2.01. The molecule has 0 bridgehead atoms. The molecular weight excluding hydrogens is 286 g/mol. The van der Waals surface area contributed by atoms with Gasteiger partial charge in [-0.1, -0.05) is 29.8 Å². The molecule has 0 aliphatic rings. The van der Waals surface area contributed by atoms with Crippen molar-refractivity contribution in [1.82, 2.24) is 9.55 Å². The maximum absolute atomic E-state index is 10.3. The van der Waals surface area contributed by atoms with Crippen molar-refractivity contribution in [3.8, 4) is 5.75 Å². The first-order valence-electron chi connectivity index (χ1n) is 7.84. The topological polar surface area (TPSA) is 50.4 Å². The molecule has 0 spiro atoms. The number of phenols is 1. The Morgan fingerprint density at radius 2 is 2.13 bits per heavy atom. The number of aromatic nitrogens is 2. The molecule has 0 aliphatic heterocycles. The summed E-state index contributed by atoms with van der Waals surface area (Å²) in [4.78, 5) is 8.68. The molecule has 1 aromatic heterocycles. The van der Waals surface area contributed by atoms with Crippen molar-refractivity contribution in [1.29, 1.82) is 0 Å². The minimum atomic E-state index is 0.289. The maximum atomic E-state index is 10.3. The van der Waals surface area contributed by atoms with E-state index >= 15 is 0 Å². The van der Waals surface area contributed by atoms with E-state index in [0.29, 0.717) is 0 Å². The molecule has 3 aromatic rings. The van der Waals surface area contributed by atoms with Crippen molar-refractivity contribution in [2.75, 3.05) is 6.54 Å². The van der Waals surface area contributed by atoms with Crippen molar-refractivity contribution < 1.29 is 5.11 Å². The molecule has 0 unspecified atom stereocenters. The van der Waals surface area contributed by atoms with E-state index in [1.165, 1.54) is 5.56 Å². The fourth-order valence-corrected chi connectivity index (χ4v) is 2.82. The molecule has 118 valence electrons. The summed E-state index contributed by atoms with van der Waals surface area (Å²) in [6, 6.07) is 9.96. The van der Waals surface area contributed by atoms with Gasteiger partial charge in [-0.2, -0.15) is 0 Å². The molecule has 0 amide bonds. The molecule has 0 atom stereocenters. The van der Waals surface area contributed by atoms with Gasteiger partial charge in [0.25, 0.3) is 0 Å². The molecule has 1 heterocycles. The third kappa shape index (κ3) is 3.42. The summed E-state index contributed by atoms with van der Waals surface area (Å²) in [5, 5.41) is 12.4. The fraction of sp³-hybridized carbons (Fsp3) is 0.263. The molecule has 0 aliphatic carbocycles. The van der Waals surface area contributed by atoms with Gasteiger partial charge in [-0.25, -0.2) is 4.98 Å². The smallest absolute Gasteiger partial charge is 0.125 e. The molecule has 1 N–H and O–H groups in total. The zero-order chi connectivity index (χ0) is 16.2. The summed E-state index contributed by atoms with van der Waals surface area (Å²) in [5.41, 5.74) is 2.93. The van der Waals surface area contributed by atoms with E-state index in [0.717, 1.165) is 41.6 Å². The zero-order valence-electron chi connectivity index (χ0n) is 13.5. The molecule has 4 nitrogen and oxygen atoms in total. The number of phenolic OH excluding ortho intramolecular Hbond substituents is 1. The highest BCUT2D eigenvalue weighted by molar-refractivity contribution is 6.12. The van der Waals surface area contributed by atoms with Crippen LogP contribution in [0.4, 0.5) is 0 Å². The predicted molar refractivity (Wildman–Crippen MR) is 94.3 cm³/mol. The Morgan fingerprint density at radius 3 is 2.91 bits per heavy atom. The van der Waals surface area contributed by atoms with E-state index in [2.05, 4.69) is 35.1 Å². The monoisotopic (exact) mass is 307 g/mol. The van der Waals surface area contributed by atoms with Crippen LogP contribution in [0.1, 0.15) is 24.5 Å². The van der Waals surface area contributed by atoms with Gasteiger partial charge in [0.15, 0.2) is 0 Å². The first-order chi connectivity index (χ1) is 11.1. The second-order valence-electron chi connectivity index (χ2n) is 5.81. The zero-order valence-corrected chi connectivity index (χ0v) is 13.5. The van der Waals surface area contributed by atoms with Gasteiger partial charge in [0.2, 0.25) is 0 Å². The van der Waals surface area contributed by atoms with Crippen LogP contribution in [-0.2, 0) is 6.54 Å². The van der Waals surface area contributed by atoms with Crippen LogP contribution in [0.3, 0.4) is 0 Å². The number of benzene rings is 2. The number of hydrogen-bond donors (Lipinski definition) is 1. The Hall–Kier alpha value is -2.62. The normalized spacial score (nSPS) is 12.0. The minimum Gasteiger partial charge on any atom is -0.507 e. The van der Waals surface area contributed by atoms with E-state index in [1.807, 2.05) is 30.1 Å². The predicted octanol–water partition coefficient (Wildman–Crippen LogP) is 3.95. The number of aromatic hydroxyl groups is 1. The number of imidazole rings is 1. The summed E-state index contributed by atoms with van der Waals surface area (Å²) in [6.07, 6.45) is 6.49. The number of hydrogen-bond acceptors (Lipinski definition) is 3. The standard InChI is InChI=1S/C19H21N3O/c1-14-4-6-17-16(12-14)5-7-18(23)19(17)15(2)21-8-3-10-22-11-9-20-13-22/h4-7,9,11-13,23H,3,8,10H2,1-2H3. The van der Waals surface area contributed by atoms with Crippen LogP contribution < -0.4 is 0 Å². The quantitative estimate of drug-likeness (QED) is 0.573. The van der Waals surface area contributed by atoms with Gasteiger partial charge in [0, 0.05) is 36.8 Å². The van der Waals surface area contributed by atoms with Gasteiger partial charge in [0.1, 0.15) is 5.75 Å². The van der Waals surface area contributed by atoms with Crippen LogP contribution >= 0.6 is 0 Å². The van der Waals surface area contributed by atoms with Crippen LogP contribution in [-0.4, -0.2) is 26.9 Å². The molecule has 2 aromatic carbocycles. The van der Waals surface area contributed by atoms with Gasteiger partial charge < -0.3 is 9.67 Å². The lowest BCUT2D eigenvalue weighted by molar-refractivity contribution is 0.475. The van der Waals surface area contributed by atoms with E-state index in [-0.39, 0.29) is 5.75 Å².